The largest absolute Gasteiger partial charge is 0.379 e. The molecule has 0 radical (unpaired) electrons. The molecule has 0 atom stereocenters. The van der Waals surface area contributed by atoms with Gasteiger partial charge in [0.15, 0.2) is 0 Å². The van der Waals surface area contributed by atoms with Crippen molar-refractivity contribution in [2.24, 2.45) is 0 Å². The number of pyridine rings is 1. The second kappa shape index (κ2) is 5.82. The Morgan fingerprint density at radius 3 is 2.52 bits per heavy atom. The molecule has 0 spiro atoms. The molecule has 0 saturated heterocycles. The van der Waals surface area contributed by atoms with E-state index in [1.54, 1.807) is 0 Å². The van der Waals surface area contributed by atoms with E-state index in [0.29, 0.717) is 12.1 Å². The zero-order chi connectivity index (χ0) is 14.7. The van der Waals surface area contributed by atoms with E-state index in [1.165, 1.54) is 0 Å². The zero-order valence-corrected chi connectivity index (χ0v) is 11.9. The number of fused-ring (bicyclic) bond motifs is 1. The molecule has 0 bridgehead atoms. The van der Waals surface area contributed by atoms with Crippen molar-refractivity contribution in [2.45, 2.75) is 6.54 Å². The fourth-order valence-corrected chi connectivity index (χ4v) is 2.48. The molecule has 1 N–H and O–H groups in total. The average Bonchev–Trinajstić information content (AvgIpc) is 2.53. The number of anilines is 1. The number of hydrogen-bond acceptors (Lipinski definition) is 3. The van der Waals surface area contributed by atoms with Gasteiger partial charge in [0.05, 0.1) is 11.2 Å². The van der Waals surface area contributed by atoms with Crippen molar-refractivity contribution >= 4 is 28.2 Å². The van der Waals surface area contributed by atoms with E-state index < -0.39 is 0 Å². The van der Waals surface area contributed by atoms with Gasteiger partial charge in [-0.15, -0.1) is 0 Å². The minimum atomic E-state index is 0.228. The van der Waals surface area contributed by atoms with Crippen LogP contribution < -0.4 is 5.32 Å². The molecular formula is C17H12ClN3. The van der Waals surface area contributed by atoms with E-state index in [1.807, 2.05) is 54.6 Å². The van der Waals surface area contributed by atoms with Crippen LogP contribution in [0.4, 0.5) is 5.69 Å². The van der Waals surface area contributed by atoms with E-state index in [0.717, 1.165) is 22.2 Å². The number of rotatable bonds is 3. The third-order valence-electron chi connectivity index (χ3n) is 3.27. The van der Waals surface area contributed by atoms with Crippen LogP contribution in [-0.4, -0.2) is 4.98 Å². The Morgan fingerprint density at radius 1 is 1.05 bits per heavy atom. The Hall–Kier alpha value is -2.57. The molecule has 3 aromatic rings. The van der Waals surface area contributed by atoms with Crippen LogP contribution in [0, 0.1) is 11.3 Å². The van der Waals surface area contributed by atoms with Crippen molar-refractivity contribution in [3.8, 4) is 6.07 Å². The summed E-state index contributed by atoms with van der Waals surface area (Å²) in [6.07, 6.45) is 0. The van der Waals surface area contributed by atoms with Crippen LogP contribution in [0.2, 0.25) is 5.15 Å². The van der Waals surface area contributed by atoms with Gasteiger partial charge in [-0.25, -0.2) is 4.98 Å². The Kier molecular flexibility index (Phi) is 3.72. The summed E-state index contributed by atoms with van der Waals surface area (Å²) in [7, 11) is 0. The number of para-hydroxylation sites is 1. The summed E-state index contributed by atoms with van der Waals surface area (Å²) >= 11 is 6.12. The maximum absolute atomic E-state index is 9.34. The van der Waals surface area contributed by atoms with Crippen LogP contribution in [0.3, 0.4) is 0 Å². The lowest BCUT2D eigenvalue weighted by molar-refractivity contribution is 1.15. The zero-order valence-electron chi connectivity index (χ0n) is 11.2. The van der Waals surface area contributed by atoms with Gasteiger partial charge in [0, 0.05) is 11.9 Å². The van der Waals surface area contributed by atoms with Gasteiger partial charge in [-0.1, -0.05) is 60.1 Å². The highest BCUT2D eigenvalue weighted by atomic mass is 35.5. The monoisotopic (exact) mass is 293 g/mol. The van der Waals surface area contributed by atoms with Crippen LogP contribution in [0.5, 0.6) is 0 Å². The number of benzene rings is 2. The third kappa shape index (κ3) is 2.67. The molecular weight excluding hydrogens is 282 g/mol. The smallest absolute Gasteiger partial charge is 0.149 e. The summed E-state index contributed by atoms with van der Waals surface area (Å²) in [5.74, 6) is 0. The standard InChI is InChI=1S/C17H12ClN3/c18-17-14(10-19)16(13-8-4-5-9-15(13)21-17)20-11-12-6-2-1-3-7-12/h1-9H,11H2,(H,20,21). The van der Waals surface area contributed by atoms with Crippen molar-refractivity contribution in [1.29, 1.82) is 5.26 Å². The van der Waals surface area contributed by atoms with E-state index in [4.69, 9.17) is 11.6 Å². The number of nitriles is 1. The first kappa shape index (κ1) is 13.4. The van der Waals surface area contributed by atoms with E-state index >= 15 is 0 Å². The SMILES string of the molecule is N#Cc1c(Cl)nc2ccccc2c1NCc1ccccc1. The molecule has 0 aliphatic carbocycles. The molecule has 2 aromatic carbocycles. The molecule has 4 heteroatoms. The summed E-state index contributed by atoms with van der Waals surface area (Å²) in [5, 5.41) is 13.8. The van der Waals surface area contributed by atoms with Crippen molar-refractivity contribution in [3.63, 3.8) is 0 Å². The fraction of sp³-hybridized carbons (Fsp3) is 0.0588. The molecule has 0 amide bonds. The first-order chi connectivity index (χ1) is 10.3. The molecule has 0 fully saturated rings. The summed E-state index contributed by atoms with van der Waals surface area (Å²) in [4.78, 5) is 4.27. The molecule has 21 heavy (non-hydrogen) atoms. The highest BCUT2D eigenvalue weighted by molar-refractivity contribution is 6.31. The second-order valence-electron chi connectivity index (χ2n) is 4.62. The predicted octanol–water partition coefficient (Wildman–Crippen LogP) is 4.37. The van der Waals surface area contributed by atoms with Crippen molar-refractivity contribution in [3.05, 3.63) is 70.9 Å². The van der Waals surface area contributed by atoms with Gasteiger partial charge in [-0.3, -0.25) is 0 Å². The number of aromatic nitrogens is 1. The lowest BCUT2D eigenvalue weighted by Crippen LogP contribution is -2.03. The maximum atomic E-state index is 9.34. The van der Waals surface area contributed by atoms with E-state index in [2.05, 4.69) is 16.4 Å². The highest BCUT2D eigenvalue weighted by Crippen LogP contribution is 2.30. The van der Waals surface area contributed by atoms with E-state index in [-0.39, 0.29) is 5.15 Å². The summed E-state index contributed by atoms with van der Waals surface area (Å²) in [6.45, 7) is 0.625. The van der Waals surface area contributed by atoms with Gasteiger partial charge in [-0.05, 0) is 11.6 Å². The number of halogens is 1. The van der Waals surface area contributed by atoms with Crippen LogP contribution in [-0.2, 0) is 6.54 Å². The van der Waals surface area contributed by atoms with Crippen LogP contribution in [0.25, 0.3) is 10.9 Å². The molecule has 1 aromatic heterocycles. The number of hydrogen-bond donors (Lipinski definition) is 1. The van der Waals surface area contributed by atoms with Gasteiger partial charge < -0.3 is 5.32 Å². The number of nitrogens with one attached hydrogen (secondary N) is 1. The average molecular weight is 294 g/mol. The Balaban J connectivity index is 2.05. The number of nitrogens with zero attached hydrogens (tertiary/aromatic N) is 2. The van der Waals surface area contributed by atoms with Crippen molar-refractivity contribution in [2.75, 3.05) is 5.32 Å². The van der Waals surface area contributed by atoms with Crippen LogP contribution >= 0.6 is 11.6 Å². The van der Waals surface area contributed by atoms with Gasteiger partial charge >= 0.3 is 0 Å². The second-order valence-corrected chi connectivity index (χ2v) is 4.98. The minimum Gasteiger partial charge on any atom is -0.379 e. The molecule has 0 aliphatic rings. The first-order valence-electron chi connectivity index (χ1n) is 6.55. The van der Waals surface area contributed by atoms with E-state index in [9.17, 15) is 5.26 Å². The fourth-order valence-electron chi connectivity index (χ4n) is 2.25. The Labute approximate surface area is 127 Å². The van der Waals surface area contributed by atoms with Crippen LogP contribution in [0.15, 0.2) is 54.6 Å². The topological polar surface area (TPSA) is 48.7 Å². The summed E-state index contributed by atoms with van der Waals surface area (Å²) in [6, 6.07) is 19.8. The van der Waals surface area contributed by atoms with Gasteiger partial charge in [-0.2, -0.15) is 5.26 Å². The predicted molar refractivity (Wildman–Crippen MR) is 85.2 cm³/mol. The molecule has 3 nitrogen and oxygen atoms in total. The third-order valence-corrected chi connectivity index (χ3v) is 3.55. The Morgan fingerprint density at radius 2 is 1.76 bits per heavy atom. The van der Waals surface area contributed by atoms with Crippen molar-refractivity contribution in [1.82, 2.24) is 4.98 Å². The summed E-state index contributed by atoms with van der Waals surface area (Å²) < 4.78 is 0. The normalized spacial score (nSPS) is 10.3. The molecule has 0 unspecified atom stereocenters. The lowest BCUT2D eigenvalue weighted by Gasteiger charge is -2.12. The molecule has 3 rings (SSSR count). The van der Waals surface area contributed by atoms with Gasteiger partial charge in [0.1, 0.15) is 16.8 Å². The molecule has 0 saturated carbocycles. The molecule has 102 valence electrons. The summed E-state index contributed by atoms with van der Waals surface area (Å²) in [5.41, 5.74) is 3.03. The van der Waals surface area contributed by atoms with Crippen molar-refractivity contribution < 1.29 is 0 Å². The minimum absolute atomic E-state index is 0.228. The Bertz CT molecular complexity index is 823. The first-order valence-corrected chi connectivity index (χ1v) is 6.93. The molecule has 0 aliphatic heterocycles. The lowest BCUT2D eigenvalue weighted by atomic mass is 10.1. The quantitative estimate of drug-likeness (QED) is 0.729. The van der Waals surface area contributed by atoms with Gasteiger partial charge in [0.2, 0.25) is 0 Å². The highest BCUT2D eigenvalue weighted by Gasteiger charge is 2.13. The maximum Gasteiger partial charge on any atom is 0.149 e. The molecule has 1 heterocycles. The van der Waals surface area contributed by atoms with Crippen LogP contribution in [0.1, 0.15) is 11.1 Å². The van der Waals surface area contributed by atoms with Gasteiger partial charge in [0.25, 0.3) is 0 Å².